The molecule has 1 aromatic carbocycles. The maximum absolute atomic E-state index is 12.2. The maximum atomic E-state index is 12.2. The summed E-state index contributed by atoms with van der Waals surface area (Å²) < 4.78 is 1.32. The molecule has 7 nitrogen and oxygen atoms in total. The van der Waals surface area contributed by atoms with Crippen LogP contribution in [0.2, 0.25) is 0 Å². The Hall–Kier alpha value is -2.87. The van der Waals surface area contributed by atoms with Crippen molar-refractivity contribution in [2.24, 2.45) is 7.05 Å². The molecule has 0 atom stereocenters. The SMILES string of the molecule is Cn1c(=O)[nH]c(=O)c2cc(C(=O)NCc3ccc(N)cc3)sc21. The number of aryl methyl sites for hydroxylation is 1. The van der Waals surface area contributed by atoms with Gasteiger partial charge in [-0.25, -0.2) is 4.79 Å². The van der Waals surface area contributed by atoms with Gasteiger partial charge in [0.2, 0.25) is 0 Å². The lowest BCUT2D eigenvalue weighted by Crippen LogP contribution is -2.27. The van der Waals surface area contributed by atoms with E-state index in [2.05, 4.69) is 10.3 Å². The van der Waals surface area contributed by atoms with Crippen molar-refractivity contribution >= 4 is 33.1 Å². The van der Waals surface area contributed by atoms with Crippen LogP contribution in [0.4, 0.5) is 5.69 Å². The van der Waals surface area contributed by atoms with Gasteiger partial charge in [-0.2, -0.15) is 0 Å². The normalized spacial score (nSPS) is 10.8. The highest BCUT2D eigenvalue weighted by Crippen LogP contribution is 2.21. The number of anilines is 1. The Balaban J connectivity index is 1.85. The molecule has 3 rings (SSSR count). The summed E-state index contributed by atoms with van der Waals surface area (Å²) in [6.07, 6.45) is 0. The van der Waals surface area contributed by atoms with Gasteiger partial charge in [0.25, 0.3) is 11.5 Å². The van der Waals surface area contributed by atoms with Gasteiger partial charge in [0, 0.05) is 19.3 Å². The Morgan fingerprint density at radius 2 is 2.00 bits per heavy atom. The van der Waals surface area contributed by atoms with Crippen molar-refractivity contribution in [1.82, 2.24) is 14.9 Å². The summed E-state index contributed by atoms with van der Waals surface area (Å²) in [6, 6.07) is 8.67. The van der Waals surface area contributed by atoms with Gasteiger partial charge in [-0.1, -0.05) is 12.1 Å². The van der Waals surface area contributed by atoms with E-state index in [1.807, 2.05) is 12.1 Å². The Labute approximate surface area is 134 Å². The molecule has 0 saturated carbocycles. The Morgan fingerprint density at radius 3 is 2.70 bits per heavy atom. The molecule has 0 aliphatic heterocycles. The minimum atomic E-state index is -0.502. The van der Waals surface area contributed by atoms with Crippen LogP contribution >= 0.6 is 11.3 Å². The molecule has 0 radical (unpaired) electrons. The van der Waals surface area contributed by atoms with E-state index >= 15 is 0 Å². The number of nitrogens with two attached hydrogens (primary N) is 1. The molecule has 2 aromatic heterocycles. The van der Waals surface area contributed by atoms with E-state index in [9.17, 15) is 14.4 Å². The van der Waals surface area contributed by atoms with Crippen molar-refractivity contribution in [3.63, 3.8) is 0 Å². The number of carbonyl (C=O) groups is 1. The molecule has 1 amide bonds. The first kappa shape index (κ1) is 15.0. The molecule has 118 valence electrons. The lowest BCUT2D eigenvalue weighted by atomic mass is 10.2. The predicted octanol–water partition coefficient (Wildman–Crippen LogP) is 0.800. The van der Waals surface area contributed by atoms with E-state index in [-0.39, 0.29) is 5.91 Å². The van der Waals surface area contributed by atoms with Crippen molar-refractivity contribution in [2.45, 2.75) is 6.54 Å². The molecule has 0 aliphatic carbocycles. The highest BCUT2D eigenvalue weighted by atomic mass is 32.1. The van der Waals surface area contributed by atoms with Crippen molar-refractivity contribution < 1.29 is 4.79 Å². The zero-order chi connectivity index (χ0) is 16.6. The van der Waals surface area contributed by atoms with Gasteiger partial charge in [-0.05, 0) is 23.8 Å². The second kappa shape index (κ2) is 5.73. The second-order valence-electron chi connectivity index (χ2n) is 5.07. The number of carbonyl (C=O) groups excluding carboxylic acids is 1. The Bertz CT molecular complexity index is 998. The third-order valence-corrected chi connectivity index (χ3v) is 4.65. The highest BCUT2D eigenvalue weighted by molar-refractivity contribution is 7.20. The molecule has 0 unspecified atom stereocenters. The molecule has 8 heteroatoms. The second-order valence-corrected chi connectivity index (χ2v) is 6.10. The number of aromatic amines is 1. The minimum absolute atomic E-state index is 0.296. The number of benzene rings is 1. The first-order valence-electron chi connectivity index (χ1n) is 6.81. The zero-order valence-electron chi connectivity index (χ0n) is 12.3. The van der Waals surface area contributed by atoms with Crippen LogP contribution in [0.25, 0.3) is 10.2 Å². The number of nitrogen functional groups attached to an aromatic ring is 1. The quantitative estimate of drug-likeness (QED) is 0.617. The third kappa shape index (κ3) is 2.88. The highest BCUT2D eigenvalue weighted by Gasteiger charge is 2.14. The number of thiophene rings is 1. The average Bonchev–Trinajstić information content (AvgIpc) is 2.98. The fraction of sp³-hybridized carbons (Fsp3) is 0.133. The fourth-order valence-electron chi connectivity index (χ4n) is 2.15. The number of amides is 1. The molecule has 23 heavy (non-hydrogen) atoms. The van der Waals surface area contributed by atoms with Crippen LogP contribution in [-0.4, -0.2) is 15.5 Å². The molecule has 2 heterocycles. The summed E-state index contributed by atoms with van der Waals surface area (Å²) >= 11 is 1.11. The smallest absolute Gasteiger partial charge is 0.329 e. The van der Waals surface area contributed by atoms with E-state index in [4.69, 9.17) is 5.73 Å². The van der Waals surface area contributed by atoms with Crippen LogP contribution in [0.1, 0.15) is 15.2 Å². The first-order valence-corrected chi connectivity index (χ1v) is 7.63. The van der Waals surface area contributed by atoms with Gasteiger partial charge in [-0.15, -0.1) is 11.3 Å². The summed E-state index contributed by atoms with van der Waals surface area (Å²) in [5.41, 5.74) is 6.19. The summed E-state index contributed by atoms with van der Waals surface area (Å²) in [5, 5.41) is 3.11. The van der Waals surface area contributed by atoms with Crippen LogP contribution in [0, 0.1) is 0 Å². The van der Waals surface area contributed by atoms with E-state index in [0.29, 0.717) is 27.3 Å². The Morgan fingerprint density at radius 1 is 1.30 bits per heavy atom. The summed E-state index contributed by atoms with van der Waals surface area (Å²) in [6.45, 7) is 0.350. The largest absolute Gasteiger partial charge is 0.399 e. The summed E-state index contributed by atoms with van der Waals surface area (Å²) in [5.74, 6) is -0.296. The number of aromatic nitrogens is 2. The number of nitrogens with zero attached hydrogens (tertiary/aromatic N) is 1. The monoisotopic (exact) mass is 330 g/mol. The molecule has 3 aromatic rings. The van der Waals surface area contributed by atoms with Crippen LogP contribution in [0.5, 0.6) is 0 Å². The number of hydrogen-bond acceptors (Lipinski definition) is 5. The van der Waals surface area contributed by atoms with Crippen LogP contribution < -0.4 is 22.3 Å². The number of H-pyrrole nitrogens is 1. The lowest BCUT2D eigenvalue weighted by Gasteiger charge is -2.04. The van der Waals surface area contributed by atoms with Gasteiger partial charge in [0.1, 0.15) is 4.83 Å². The number of fused-ring (bicyclic) bond motifs is 1. The topological polar surface area (TPSA) is 110 Å². The van der Waals surface area contributed by atoms with Crippen molar-refractivity contribution in [1.29, 1.82) is 0 Å². The molecular weight excluding hydrogens is 316 g/mol. The zero-order valence-corrected chi connectivity index (χ0v) is 13.1. The summed E-state index contributed by atoms with van der Waals surface area (Å²) in [4.78, 5) is 38.7. The third-order valence-electron chi connectivity index (χ3n) is 3.44. The lowest BCUT2D eigenvalue weighted by molar-refractivity contribution is 0.0955. The van der Waals surface area contributed by atoms with Gasteiger partial charge in [-0.3, -0.25) is 19.1 Å². The number of rotatable bonds is 3. The van der Waals surface area contributed by atoms with E-state index in [1.54, 1.807) is 19.2 Å². The molecule has 0 fully saturated rings. The maximum Gasteiger partial charge on any atom is 0.329 e. The first-order chi connectivity index (χ1) is 11.0. The van der Waals surface area contributed by atoms with E-state index < -0.39 is 11.2 Å². The predicted molar refractivity (Wildman–Crippen MR) is 89.7 cm³/mol. The number of hydrogen-bond donors (Lipinski definition) is 3. The molecule has 0 spiro atoms. The van der Waals surface area contributed by atoms with Crippen molar-refractivity contribution in [2.75, 3.05) is 5.73 Å². The Kier molecular flexibility index (Phi) is 3.75. The molecule has 0 saturated heterocycles. The van der Waals surface area contributed by atoms with E-state index in [0.717, 1.165) is 16.9 Å². The van der Waals surface area contributed by atoms with Gasteiger partial charge in [0.15, 0.2) is 0 Å². The summed E-state index contributed by atoms with van der Waals surface area (Å²) in [7, 11) is 1.55. The molecular formula is C15H14N4O3S. The number of nitrogens with one attached hydrogen (secondary N) is 2. The van der Waals surface area contributed by atoms with E-state index in [1.165, 1.54) is 10.6 Å². The van der Waals surface area contributed by atoms with Gasteiger partial charge < -0.3 is 11.1 Å². The van der Waals surface area contributed by atoms with Crippen LogP contribution in [-0.2, 0) is 13.6 Å². The molecule has 0 aliphatic rings. The van der Waals surface area contributed by atoms with Gasteiger partial charge in [0.05, 0.1) is 10.3 Å². The average molecular weight is 330 g/mol. The van der Waals surface area contributed by atoms with Gasteiger partial charge >= 0.3 is 5.69 Å². The minimum Gasteiger partial charge on any atom is -0.399 e. The standard InChI is InChI=1S/C15H14N4O3S/c1-19-14-10(12(20)18-15(19)22)6-11(23-14)13(21)17-7-8-2-4-9(16)5-3-8/h2-6H,7,16H2,1H3,(H,17,21)(H,18,20,22). The molecule has 0 bridgehead atoms. The van der Waals surface area contributed by atoms with Crippen molar-refractivity contribution in [3.8, 4) is 0 Å². The molecule has 4 N–H and O–H groups in total. The van der Waals surface area contributed by atoms with Crippen LogP contribution in [0.15, 0.2) is 39.9 Å². The van der Waals surface area contributed by atoms with Crippen molar-refractivity contribution in [3.05, 3.63) is 61.6 Å². The van der Waals surface area contributed by atoms with Crippen LogP contribution in [0.3, 0.4) is 0 Å². The fourth-order valence-corrected chi connectivity index (χ4v) is 3.18.